The van der Waals surface area contributed by atoms with Gasteiger partial charge < -0.3 is 15.0 Å². The Bertz CT molecular complexity index is 1880. The number of hydrogen-bond donors (Lipinski definition) is 2. The van der Waals surface area contributed by atoms with Crippen LogP contribution in [0.3, 0.4) is 0 Å². The lowest BCUT2D eigenvalue weighted by Crippen LogP contribution is -2.58. The molecule has 4 saturated heterocycles. The first-order valence-corrected chi connectivity index (χ1v) is 15.6. The molecule has 2 aromatic carbocycles. The third-order valence-corrected chi connectivity index (χ3v) is 10.4. The molecule has 2 bridgehead atoms. The van der Waals surface area contributed by atoms with Gasteiger partial charge in [-0.3, -0.25) is 10.00 Å². The van der Waals surface area contributed by atoms with Crippen molar-refractivity contribution in [3.8, 4) is 17.1 Å². The van der Waals surface area contributed by atoms with Gasteiger partial charge in [0.2, 0.25) is 0 Å². The molecule has 0 saturated carbocycles. The molecule has 0 spiro atoms. The van der Waals surface area contributed by atoms with E-state index in [0.717, 1.165) is 44.5 Å². The monoisotopic (exact) mass is 645 g/mol. The van der Waals surface area contributed by atoms with Gasteiger partial charge in [0.25, 0.3) is 0 Å². The van der Waals surface area contributed by atoms with Crippen molar-refractivity contribution in [1.82, 2.24) is 30.4 Å². The maximum absolute atomic E-state index is 16.9. The van der Waals surface area contributed by atoms with Crippen LogP contribution in [0, 0.1) is 18.6 Å². The van der Waals surface area contributed by atoms with Gasteiger partial charge in [0.1, 0.15) is 29.9 Å². The van der Waals surface area contributed by atoms with Crippen molar-refractivity contribution in [2.45, 2.75) is 75.4 Å². The van der Waals surface area contributed by atoms with Gasteiger partial charge in [0.15, 0.2) is 5.82 Å². The maximum Gasteiger partial charge on any atom is 0.417 e. The summed E-state index contributed by atoms with van der Waals surface area (Å²) in [5, 5.41) is 10.0. The van der Waals surface area contributed by atoms with E-state index in [1.165, 1.54) is 13.0 Å². The highest BCUT2D eigenvalue weighted by molar-refractivity contribution is 6.01. The Hall–Kier alpha value is -3.65. The van der Waals surface area contributed by atoms with Crippen molar-refractivity contribution in [3.63, 3.8) is 0 Å². The summed E-state index contributed by atoms with van der Waals surface area (Å²) in [6, 6.07) is 2.22. The summed E-state index contributed by atoms with van der Waals surface area (Å²) in [6.07, 6.45) is -1.04. The Morgan fingerprint density at radius 2 is 1.91 bits per heavy atom. The molecule has 46 heavy (non-hydrogen) atoms. The Kier molecular flexibility index (Phi) is 6.58. The lowest BCUT2D eigenvalue weighted by molar-refractivity contribution is -0.137. The third-order valence-electron chi connectivity index (χ3n) is 10.4. The van der Waals surface area contributed by atoms with E-state index in [4.69, 9.17) is 4.74 Å². The first-order chi connectivity index (χ1) is 21.8. The van der Waals surface area contributed by atoms with E-state index in [-0.39, 0.29) is 57.4 Å². The topological polar surface area (TPSA) is 82.2 Å². The molecule has 0 unspecified atom stereocenters. The number of nitrogens with zero attached hydrogens (tertiary/aromatic N) is 5. The number of H-pyrrole nitrogens is 1. The molecule has 2 aromatic heterocycles. The number of benzene rings is 2. The zero-order valence-electron chi connectivity index (χ0n) is 25.4. The Morgan fingerprint density at radius 1 is 1.09 bits per heavy atom. The van der Waals surface area contributed by atoms with Gasteiger partial charge in [-0.05, 0) is 63.8 Å². The number of hydrogen-bond acceptors (Lipinski definition) is 7. The van der Waals surface area contributed by atoms with Crippen molar-refractivity contribution in [1.29, 1.82) is 0 Å². The van der Waals surface area contributed by atoms with Crippen LogP contribution in [0.15, 0.2) is 18.3 Å². The molecule has 4 atom stereocenters. The van der Waals surface area contributed by atoms with Crippen molar-refractivity contribution < 1.29 is 31.1 Å². The molecule has 8 rings (SSSR count). The third kappa shape index (κ3) is 4.62. The van der Waals surface area contributed by atoms with Crippen LogP contribution < -0.4 is 15.0 Å². The second-order valence-corrected chi connectivity index (χ2v) is 13.7. The lowest BCUT2D eigenvalue weighted by atomic mass is 9.90. The second kappa shape index (κ2) is 10.2. The first-order valence-electron chi connectivity index (χ1n) is 15.6. The average molecular weight is 646 g/mol. The normalized spacial score (nSPS) is 28.1. The number of aryl methyl sites for hydroxylation is 1. The van der Waals surface area contributed by atoms with Crippen LogP contribution in [0.5, 0.6) is 6.01 Å². The van der Waals surface area contributed by atoms with Crippen molar-refractivity contribution in [2.24, 2.45) is 0 Å². The minimum absolute atomic E-state index is 0.0333. The van der Waals surface area contributed by atoms with Crippen LogP contribution in [-0.2, 0) is 6.18 Å². The molecule has 6 heterocycles. The number of halogens is 6. The average Bonchev–Trinajstić information content (AvgIpc) is 3.73. The van der Waals surface area contributed by atoms with Crippen molar-refractivity contribution in [3.05, 3.63) is 41.1 Å². The Morgan fingerprint density at radius 3 is 2.70 bits per heavy atom. The molecule has 4 aliphatic rings. The van der Waals surface area contributed by atoms with Gasteiger partial charge in [-0.15, -0.1) is 0 Å². The fourth-order valence-corrected chi connectivity index (χ4v) is 8.50. The summed E-state index contributed by atoms with van der Waals surface area (Å²) in [7, 11) is 0. The van der Waals surface area contributed by atoms with E-state index in [1.807, 2.05) is 4.90 Å². The molecular weight excluding hydrogens is 612 g/mol. The highest BCUT2D eigenvalue weighted by atomic mass is 19.4. The van der Waals surface area contributed by atoms with Gasteiger partial charge in [0, 0.05) is 54.0 Å². The van der Waals surface area contributed by atoms with Crippen LogP contribution in [0.2, 0.25) is 0 Å². The predicted octanol–water partition coefficient (Wildman–Crippen LogP) is 6.06. The number of alkyl halides is 4. The molecule has 8 nitrogen and oxygen atoms in total. The SMILES string of the molecule is Cc1cc2[nH]ncc2c(-c2c(F)cc3c(N4C[C@H]5CC[C@](C)(C4)N5)nc(OC[C@@]45CCCN4C[C@H](F)C5)nc3c2F)c1C(F)(F)F. The second-order valence-electron chi connectivity index (χ2n) is 13.7. The number of rotatable bonds is 5. The van der Waals surface area contributed by atoms with Gasteiger partial charge in [0.05, 0.1) is 28.4 Å². The van der Waals surface area contributed by atoms with E-state index in [2.05, 4.69) is 37.3 Å². The Balaban J connectivity index is 1.32. The minimum Gasteiger partial charge on any atom is -0.461 e. The standard InChI is InChI=1S/C32H33F6N7O/c1-16-8-22-20(11-39-43-22)23(25(16)32(36,37)38)24-21(34)9-19-27(26(24)35)40-29(46-15-31-5-3-7-45(31)12-17(33)10-31)41-28(19)44-13-18-4-6-30(2,14-44)42-18/h8-9,11,17-18,42H,3-7,10,12-15H2,1-2H3,(H,39,43)/t17-,18-,30-,31+/m1/s1. The molecule has 14 heteroatoms. The van der Waals surface area contributed by atoms with E-state index >= 15 is 8.78 Å². The fraction of sp³-hybridized carbons (Fsp3) is 0.531. The van der Waals surface area contributed by atoms with Crippen LogP contribution in [-0.4, -0.2) is 81.1 Å². The molecule has 0 radical (unpaired) electrons. The van der Waals surface area contributed by atoms with Gasteiger partial charge >= 0.3 is 12.2 Å². The maximum atomic E-state index is 16.9. The lowest BCUT2D eigenvalue weighted by Gasteiger charge is -2.40. The summed E-state index contributed by atoms with van der Waals surface area (Å²) < 4.78 is 97.2. The smallest absolute Gasteiger partial charge is 0.417 e. The molecule has 0 amide bonds. The van der Waals surface area contributed by atoms with Crippen molar-refractivity contribution >= 4 is 27.6 Å². The van der Waals surface area contributed by atoms with Crippen molar-refractivity contribution in [2.75, 3.05) is 37.7 Å². The quantitative estimate of drug-likeness (QED) is 0.255. The van der Waals surface area contributed by atoms with Crippen LogP contribution in [0.1, 0.15) is 50.2 Å². The number of aromatic amines is 1. The minimum atomic E-state index is -4.92. The van der Waals surface area contributed by atoms with Crippen LogP contribution in [0.25, 0.3) is 32.9 Å². The van der Waals surface area contributed by atoms with E-state index in [1.54, 1.807) is 0 Å². The number of aromatic nitrogens is 4. The number of piperazine rings is 1. The van der Waals surface area contributed by atoms with Gasteiger partial charge in [-0.25, -0.2) is 13.2 Å². The molecule has 4 fully saturated rings. The highest BCUT2D eigenvalue weighted by Crippen LogP contribution is 2.47. The Labute approximate surface area is 260 Å². The number of ether oxygens (including phenoxy) is 1. The largest absolute Gasteiger partial charge is 0.461 e. The predicted molar refractivity (Wildman–Crippen MR) is 160 cm³/mol. The number of anilines is 1. The summed E-state index contributed by atoms with van der Waals surface area (Å²) in [6.45, 7) is 5.45. The number of fused-ring (bicyclic) bond motifs is 5. The van der Waals surface area contributed by atoms with Gasteiger partial charge in [-0.1, -0.05) is 0 Å². The molecule has 4 aromatic rings. The molecule has 244 valence electrons. The van der Waals surface area contributed by atoms with Crippen LogP contribution in [0.4, 0.5) is 32.2 Å². The summed E-state index contributed by atoms with van der Waals surface area (Å²) in [4.78, 5) is 13.0. The zero-order chi connectivity index (χ0) is 32.2. The van der Waals surface area contributed by atoms with E-state index in [0.29, 0.717) is 26.1 Å². The fourth-order valence-electron chi connectivity index (χ4n) is 8.50. The van der Waals surface area contributed by atoms with E-state index < -0.39 is 46.2 Å². The van der Waals surface area contributed by atoms with Gasteiger partial charge in [-0.2, -0.15) is 28.2 Å². The molecule has 4 aliphatic heterocycles. The van der Waals surface area contributed by atoms with Crippen LogP contribution >= 0.6 is 0 Å². The molecule has 0 aliphatic carbocycles. The highest BCUT2D eigenvalue weighted by Gasteiger charge is 2.50. The number of nitrogens with one attached hydrogen (secondary N) is 2. The first kappa shape index (κ1) is 29.7. The zero-order valence-corrected chi connectivity index (χ0v) is 25.4. The summed E-state index contributed by atoms with van der Waals surface area (Å²) in [5.41, 5.74) is -3.80. The van der Waals surface area contributed by atoms with E-state index in [9.17, 15) is 17.6 Å². The summed E-state index contributed by atoms with van der Waals surface area (Å²) in [5.74, 6) is -2.18. The summed E-state index contributed by atoms with van der Waals surface area (Å²) >= 11 is 0. The molecular formula is C32H33F6N7O. The molecule has 2 N–H and O–H groups in total.